The fourth-order valence-electron chi connectivity index (χ4n) is 1.19. The molecule has 9 nitrogen and oxygen atoms in total. The van der Waals surface area contributed by atoms with Crippen LogP contribution in [0.25, 0.3) is 0 Å². The molecule has 1 amide bonds. The second-order valence-corrected chi connectivity index (χ2v) is 4.92. The number of rotatable bonds is 5. The number of nitrogens with zero attached hydrogens (tertiary/aromatic N) is 7. The van der Waals surface area contributed by atoms with E-state index in [1.807, 2.05) is 0 Å². The average molecular weight is 303 g/mol. The number of hydrogen-bond acceptors (Lipinski definition) is 7. The molecule has 0 aliphatic heterocycles. The highest BCUT2D eigenvalue weighted by Gasteiger charge is 2.13. The first kappa shape index (κ1) is 13.7. The number of thioether (sulfide) groups is 1. The molecule has 0 unspecified atom stereocenters. The van der Waals surface area contributed by atoms with Gasteiger partial charge in [0.2, 0.25) is 16.3 Å². The van der Waals surface area contributed by atoms with E-state index in [4.69, 9.17) is 11.6 Å². The Morgan fingerprint density at radius 1 is 1.42 bits per heavy atom. The van der Waals surface area contributed by atoms with Crippen molar-refractivity contribution in [2.75, 3.05) is 12.3 Å². The minimum atomic E-state index is -0.362. The lowest BCUT2D eigenvalue weighted by molar-refractivity contribution is 0.0945. The molecule has 0 bridgehead atoms. The molecular weight excluding hydrogens is 292 g/mol. The van der Waals surface area contributed by atoms with Crippen LogP contribution in [-0.2, 0) is 14.1 Å². The van der Waals surface area contributed by atoms with Crippen LogP contribution < -0.4 is 5.32 Å². The molecule has 2 aromatic rings. The van der Waals surface area contributed by atoms with Gasteiger partial charge in [0.1, 0.15) is 0 Å². The fraction of sp³-hybridized carbons (Fsp3) is 0.500. The van der Waals surface area contributed by atoms with Gasteiger partial charge in [-0.15, -0.1) is 10.2 Å². The van der Waals surface area contributed by atoms with E-state index in [0.29, 0.717) is 17.5 Å². The van der Waals surface area contributed by atoms with Crippen molar-refractivity contribution in [1.29, 1.82) is 0 Å². The Hall–Kier alpha value is -1.68. The van der Waals surface area contributed by atoms with Gasteiger partial charge in [-0.3, -0.25) is 4.79 Å². The predicted octanol–water partition coefficient (Wildman–Crippen LogP) is -0.486. The van der Waals surface area contributed by atoms with Crippen molar-refractivity contribution < 1.29 is 4.79 Å². The molecule has 0 aliphatic rings. The Labute approximate surface area is 117 Å². The topological polar surface area (TPSA) is 103 Å². The largest absolute Gasteiger partial charge is 0.348 e. The van der Waals surface area contributed by atoms with Crippen molar-refractivity contribution in [2.45, 2.75) is 5.16 Å². The van der Waals surface area contributed by atoms with Crippen molar-refractivity contribution in [3.63, 3.8) is 0 Å². The Bertz CT molecular complexity index is 562. The maximum Gasteiger partial charge on any atom is 0.291 e. The molecule has 2 rings (SSSR count). The number of aryl methyl sites for hydroxylation is 2. The van der Waals surface area contributed by atoms with Gasteiger partial charge in [-0.2, -0.15) is 4.98 Å². The summed E-state index contributed by atoms with van der Waals surface area (Å²) < 4.78 is 2.89. The summed E-state index contributed by atoms with van der Waals surface area (Å²) in [7, 11) is 3.36. The van der Waals surface area contributed by atoms with Crippen LogP contribution in [0.2, 0.25) is 5.28 Å². The van der Waals surface area contributed by atoms with Crippen LogP contribution in [-0.4, -0.2) is 53.2 Å². The van der Waals surface area contributed by atoms with E-state index in [0.717, 1.165) is 0 Å². The van der Waals surface area contributed by atoms with E-state index in [2.05, 4.69) is 30.9 Å². The summed E-state index contributed by atoms with van der Waals surface area (Å²) in [6.07, 6.45) is 0. The van der Waals surface area contributed by atoms with Gasteiger partial charge in [-0.1, -0.05) is 11.8 Å². The van der Waals surface area contributed by atoms with Crippen molar-refractivity contribution >= 4 is 29.3 Å². The van der Waals surface area contributed by atoms with Gasteiger partial charge < -0.3 is 5.32 Å². The zero-order valence-corrected chi connectivity index (χ0v) is 11.8. The van der Waals surface area contributed by atoms with E-state index in [1.165, 1.54) is 16.4 Å². The molecule has 2 aromatic heterocycles. The SMILES string of the molecule is Cn1nc(C(=O)NCCSc2nnnn2C)nc1Cl. The van der Waals surface area contributed by atoms with E-state index in [-0.39, 0.29) is 17.0 Å². The molecule has 2 heterocycles. The van der Waals surface area contributed by atoms with Crippen LogP contribution in [0, 0.1) is 0 Å². The first-order chi connectivity index (χ1) is 9.08. The van der Waals surface area contributed by atoms with Crippen LogP contribution in [0.4, 0.5) is 0 Å². The monoisotopic (exact) mass is 302 g/mol. The number of carbonyl (C=O) groups excluding carboxylic acids is 1. The smallest absolute Gasteiger partial charge is 0.291 e. The van der Waals surface area contributed by atoms with E-state index >= 15 is 0 Å². The van der Waals surface area contributed by atoms with Gasteiger partial charge in [0.05, 0.1) is 0 Å². The van der Waals surface area contributed by atoms with Gasteiger partial charge >= 0.3 is 0 Å². The summed E-state index contributed by atoms with van der Waals surface area (Å²) in [6, 6.07) is 0. The number of carbonyl (C=O) groups is 1. The Balaban J connectivity index is 1.77. The Kier molecular flexibility index (Phi) is 4.32. The molecule has 0 aliphatic carbocycles. The minimum Gasteiger partial charge on any atom is -0.348 e. The summed E-state index contributed by atoms with van der Waals surface area (Å²) in [6.45, 7) is 0.451. The number of hydrogen-bond donors (Lipinski definition) is 1. The van der Waals surface area contributed by atoms with Crippen LogP contribution in [0.15, 0.2) is 5.16 Å². The quantitative estimate of drug-likeness (QED) is 0.587. The molecule has 0 saturated carbocycles. The maximum atomic E-state index is 11.7. The van der Waals surface area contributed by atoms with Gasteiger partial charge in [0.25, 0.3) is 5.91 Å². The maximum absolute atomic E-state index is 11.7. The normalized spacial score (nSPS) is 10.7. The summed E-state index contributed by atoms with van der Waals surface area (Å²) >= 11 is 7.14. The Morgan fingerprint density at radius 3 is 2.79 bits per heavy atom. The highest BCUT2D eigenvalue weighted by Crippen LogP contribution is 2.10. The molecule has 1 N–H and O–H groups in total. The number of nitrogens with one attached hydrogen (secondary N) is 1. The molecular formula is C8H11ClN8OS. The molecule has 11 heteroatoms. The number of aromatic nitrogens is 7. The molecule has 102 valence electrons. The van der Waals surface area contributed by atoms with Crippen LogP contribution in [0.1, 0.15) is 10.6 Å². The first-order valence-electron chi connectivity index (χ1n) is 5.28. The van der Waals surface area contributed by atoms with Crippen LogP contribution in [0.3, 0.4) is 0 Å². The lowest BCUT2D eigenvalue weighted by Crippen LogP contribution is -2.27. The predicted molar refractivity (Wildman–Crippen MR) is 67.9 cm³/mol. The highest BCUT2D eigenvalue weighted by atomic mass is 35.5. The molecule has 0 saturated heterocycles. The molecule has 0 spiro atoms. The minimum absolute atomic E-state index is 0.0535. The van der Waals surface area contributed by atoms with Crippen molar-refractivity contribution in [1.82, 2.24) is 40.3 Å². The first-order valence-corrected chi connectivity index (χ1v) is 6.64. The molecule has 0 atom stereocenters. The summed E-state index contributed by atoms with van der Waals surface area (Å²) in [4.78, 5) is 15.5. The van der Waals surface area contributed by atoms with Gasteiger partial charge in [0.15, 0.2) is 0 Å². The third-order valence-electron chi connectivity index (χ3n) is 2.11. The number of amides is 1. The Morgan fingerprint density at radius 2 is 2.21 bits per heavy atom. The number of halogens is 1. The summed E-state index contributed by atoms with van der Waals surface area (Å²) in [5.74, 6) is 0.331. The lowest BCUT2D eigenvalue weighted by Gasteiger charge is -2.01. The van der Waals surface area contributed by atoms with Crippen LogP contribution >= 0.6 is 23.4 Å². The lowest BCUT2D eigenvalue weighted by atomic mass is 10.5. The average Bonchev–Trinajstić information content (AvgIpc) is 2.92. The van der Waals surface area contributed by atoms with Crippen LogP contribution in [0.5, 0.6) is 0 Å². The van der Waals surface area contributed by atoms with Gasteiger partial charge in [0, 0.05) is 26.4 Å². The number of tetrazole rings is 1. The zero-order chi connectivity index (χ0) is 13.8. The van der Waals surface area contributed by atoms with E-state index < -0.39 is 0 Å². The van der Waals surface area contributed by atoms with Gasteiger partial charge in [-0.05, 0) is 22.0 Å². The second kappa shape index (κ2) is 5.97. The van der Waals surface area contributed by atoms with E-state index in [9.17, 15) is 4.79 Å². The highest BCUT2D eigenvalue weighted by molar-refractivity contribution is 7.99. The fourth-order valence-corrected chi connectivity index (χ4v) is 2.01. The van der Waals surface area contributed by atoms with Crippen molar-refractivity contribution in [3.8, 4) is 0 Å². The molecule has 0 radical (unpaired) electrons. The third-order valence-corrected chi connectivity index (χ3v) is 3.45. The second-order valence-electron chi connectivity index (χ2n) is 3.52. The molecule has 19 heavy (non-hydrogen) atoms. The zero-order valence-electron chi connectivity index (χ0n) is 10.2. The molecule has 0 fully saturated rings. The standard InChI is InChI=1S/C8H11ClN8OS/c1-16-7(9)11-5(13-16)6(18)10-3-4-19-8-12-14-15-17(8)2/h3-4H2,1-2H3,(H,10,18). The van der Waals surface area contributed by atoms with Crippen molar-refractivity contribution in [2.24, 2.45) is 14.1 Å². The third kappa shape index (κ3) is 3.41. The van der Waals surface area contributed by atoms with Gasteiger partial charge in [-0.25, -0.2) is 9.36 Å². The van der Waals surface area contributed by atoms with E-state index in [1.54, 1.807) is 18.8 Å². The summed E-state index contributed by atoms with van der Waals surface area (Å²) in [5.41, 5.74) is 0. The summed E-state index contributed by atoms with van der Waals surface area (Å²) in [5, 5.41) is 18.4. The van der Waals surface area contributed by atoms with Crippen molar-refractivity contribution in [3.05, 3.63) is 11.1 Å². The molecule has 0 aromatic carbocycles.